The maximum atomic E-state index is 11.5. The summed E-state index contributed by atoms with van der Waals surface area (Å²) >= 11 is 1.20. The van der Waals surface area contributed by atoms with E-state index in [1.807, 2.05) is 0 Å². The SMILES string of the molecule is CC(=O)c1sc(N2CC(O)CC2=O)nc1C. The van der Waals surface area contributed by atoms with E-state index in [4.69, 9.17) is 0 Å². The number of β-amino-alcohol motifs (C(OH)–C–C–N with tert-alkyl or cyclic N) is 1. The summed E-state index contributed by atoms with van der Waals surface area (Å²) in [4.78, 5) is 29.0. The smallest absolute Gasteiger partial charge is 0.231 e. The summed E-state index contributed by atoms with van der Waals surface area (Å²) in [5.74, 6) is -0.190. The lowest BCUT2D eigenvalue weighted by atomic mass is 10.3. The van der Waals surface area contributed by atoms with Crippen LogP contribution in [-0.4, -0.2) is 34.4 Å². The van der Waals surface area contributed by atoms with Crippen molar-refractivity contribution in [3.8, 4) is 0 Å². The molecular formula is C10H12N2O3S. The number of aliphatic hydroxyl groups excluding tert-OH is 1. The number of hydrogen-bond acceptors (Lipinski definition) is 5. The Hall–Kier alpha value is -1.27. The highest BCUT2D eigenvalue weighted by Crippen LogP contribution is 2.29. The molecule has 1 aromatic heterocycles. The Morgan fingerprint density at radius 3 is 2.75 bits per heavy atom. The van der Waals surface area contributed by atoms with Crippen molar-refractivity contribution in [3.63, 3.8) is 0 Å². The minimum atomic E-state index is -0.627. The normalized spacial score (nSPS) is 20.6. The molecule has 0 radical (unpaired) electrons. The van der Waals surface area contributed by atoms with Crippen molar-refractivity contribution in [2.24, 2.45) is 0 Å². The highest BCUT2D eigenvalue weighted by molar-refractivity contribution is 7.17. The Kier molecular flexibility index (Phi) is 2.77. The number of anilines is 1. The number of aromatic nitrogens is 1. The molecule has 5 nitrogen and oxygen atoms in total. The summed E-state index contributed by atoms with van der Waals surface area (Å²) < 4.78 is 0. The molecule has 86 valence electrons. The van der Waals surface area contributed by atoms with Gasteiger partial charge in [-0.05, 0) is 6.92 Å². The quantitative estimate of drug-likeness (QED) is 0.774. The molecule has 1 atom stereocenters. The van der Waals surface area contributed by atoms with Gasteiger partial charge in [0.05, 0.1) is 29.6 Å². The number of rotatable bonds is 2. The number of hydrogen-bond donors (Lipinski definition) is 1. The van der Waals surface area contributed by atoms with Crippen LogP contribution in [0.3, 0.4) is 0 Å². The Labute approximate surface area is 96.7 Å². The number of amides is 1. The van der Waals surface area contributed by atoms with Crippen LogP contribution < -0.4 is 4.90 Å². The van der Waals surface area contributed by atoms with Gasteiger partial charge in [0, 0.05) is 6.92 Å². The number of nitrogens with zero attached hydrogens (tertiary/aromatic N) is 2. The van der Waals surface area contributed by atoms with Crippen LogP contribution in [-0.2, 0) is 4.79 Å². The molecule has 2 heterocycles. The molecule has 1 aliphatic heterocycles. The predicted octanol–water partition coefficient (Wildman–Crippen LogP) is 0.752. The van der Waals surface area contributed by atoms with Gasteiger partial charge in [0.2, 0.25) is 5.91 Å². The largest absolute Gasteiger partial charge is 0.391 e. The molecule has 1 fully saturated rings. The number of thiazole rings is 1. The van der Waals surface area contributed by atoms with E-state index in [0.717, 1.165) is 0 Å². The van der Waals surface area contributed by atoms with Gasteiger partial charge >= 0.3 is 0 Å². The monoisotopic (exact) mass is 240 g/mol. The standard InChI is InChI=1S/C10H12N2O3S/c1-5-9(6(2)13)16-10(11-5)12-4-7(14)3-8(12)15/h7,14H,3-4H2,1-2H3. The first-order valence-electron chi connectivity index (χ1n) is 4.96. The molecule has 0 aliphatic carbocycles. The van der Waals surface area contributed by atoms with E-state index >= 15 is 0 Å². The first kappa shape index (κ1) is 11.2. The zero-order chi connectivity index (χ0) is 11.9. The fourth-order valence-electron chi connectivity index (χ4n) is 1.70. The highest BCUT2D eigenvalue weighted by atomic mass is 32.1. The molecule has 6 heteroatoms. The van der Waals surface area contributed by atoms with Crippen LogP contribution in [0.15, 0.2) is 0 Å². The molecule has 0 saturated carbocycles. The summed E-state index contributed by atoms with van der Waals surface area (Å²) in [6.45, 7) is 3.49. The second-order valence-electron chi connectivity index (χ2n) is 3.83. The van der Waals surface area contributed by atoms with Crippen LogP contribution >= 0.6 is 11.3 Å². The first-order valence-corrected chi connectivity index (χ1v) is 5.77. The maximum absolute atomic E-state index is 11.5. The molecule has 0 aromatic carbocycles. The number of ketones is 1. The Morgan fingerprint density at radius 1 is 1.62 bits per heavy atom. The molecule has 1 aliphatic rings. The lowest BCUT2D eigenvalue weighted by molar-refractivity contribution is -0.117. The summed E-state index contributed by atoms with van der Waals surface area (Å²) in [5.41, 5.74) is 0.640. The van der Waals surface area contributed by atoms with Crippen LogP contribution in [0.25, 0.3) is 0 Å². The first-order chi connectivity index (χ1) is 7.49. The summed E-state index contributed by atoms with van der Waals surface area (Å²) in [6, 6.07) is 0. The minimum Gasteiger partial charge on any atom is -0.391 e. The van der Waals surface area contributed by atoms with E-state index in [1.165, 1.54) is 23.2 Å². The molecule has 1 N–H and O–H groups in total. The summed E-state index contributed by atoms with van der Waals surface area (Å²) in [5, 5.41) is 9.87. The third-order valence-corrected chi connectivity index (χ3v) is 3.72. The van der Waals surface area contributed by atoms with Crippen molar-refractivity contribution in [2.45, 2.75) is 26.4 Å². The lowest BCUT2D eigenvalue weighted by Crippen LogP contribution is -2.24. The van der Waals surface area contributed by atoms with Gasteiger partial charge in [-0.1, -0.05) is 11.3 Å². The van der Waals surface area contributed by atoms with Gasteiger partial charge in [0.15, 0.2) is 10.9 Å². The third kappa shape index (κ3) is 1.85. The molecule has 1 unspecified atom stereocenters. The van der Waals surface area contributed by atoms with Gasteiger partial charge < -0.3 is 5.11 Å². The average Bonchev–Trinajstić information content (AvgIpc) is 2.69. The number of aryl methyl sites for hydroxylation is 1. The minimum absolute atomic E-state index is 0.0477. The third-order valence-electron chi connectivity index (χ3n) is 2.44. The zero-order valence-corrected chi connectivity index (χ0v) is 9.87. The Morgan fingerprint density at radius 2 is 2.31 bits per heavy atom. The lowest BCUT2D eigenvalue weighted by Gasteiger charge is -2.10. The second-order valence-corrected chi connectivity index (χ2v) is 4.81. The second kappa shape index (κ2) is 3.95. The van der Waals surface area contributed by atoms with Crippen molar-refractivity contribution in [3.05, 3.63) is 10.6 Å². The fourth-order valence-corrected chi connectivity index (χ4v) is 2.69. The Balaban J connectivity index is 2.31. The number of Topliss-reactive ketones (excluding diaryl/α,β-unsaturated/α-hetero) is 1. The molecular weight excluding hydrogens is 228 g/mol. The molecule has 1 amide bonds. The van der Waals surface area contributed by atoms with E-state index in [-0.39, 0.29) is 24.7 Å². The molecule has 0 spiro atoms. The van der Waals surface area contributed by atoms with E-state index in [9.17, 15) is 14.7 Å². The van der Waals surface area contributed by atoms with Crippen molar-refractivity contribution in [2.75, 3.05) is 11.4 Å². The molecule has 2 rings (SSSR count). The van der Waals surface area contributed by atoms with Crippen molar-refractivity contribution in [1.29, 1.82) is 0 Å². The zero-order valence-electron chi connectivity index (χ0n) is 9.06. The number of aliphatic hydroxyl groups is 1. The van der Waals surface area contributed by atoms with Crippen molar-refractivity contribution in [1.82, 2.24) is 4.98 Å². The van der Waals surface area contributed by atoms with Gasteiger partial charge in [-0.15, -0.1) is 0 Å². The van der Waals surface area contributed by atoms with Crippen LogP contribution in [0.1, 0.15) is 28.7 Å². The summed E-state index contributed by atoms with van der Waals surface area (Å²) in [7, 11) is 0. The molecule has 0 bridgehead atoms. The van der Waals surface area contributed by atoms with E-state index in [2.05, 4.69) is 4.98 Å². The Bertz CT molecular complexity index is 455. The van der Waals surface area contributed by atoms with Crippen molar-refractivity contribution < 1.29 is 14.7 Å². The number of carbonyl (C=O) groups is 2. The maximum Gasteiger partial charge on any atom is 0.231 e. The molecule has 1 aromatic rings. The van der Waals surface area contributed by atoms with Gasteiger partial charge in [-0.3, -0.25) is 14.5 Å². The molecule has 16 heavy (non-hydrogen) atoms. The average molecular weight is 240 g/mol. The fraction of sp³-hybridized carbons (Fsp3) is 0.500. The highest BCUT2D eigenvalue weighted by Gasteiger charge is 2.31. The van der Waals surface area contributed by atoms with Crippen LogP contribution in [0.5, 0.6) is 0 Å². The molecule has 1 saturated heterocycles. The van der Waals surface area contributed by atoms with Crippen LogP contribution in [0.4, 0.5) is 5.13 Å². The van der Waals surface area contributed by atoms with Crippen LogP contribution in [0.2, 0.25) is 0 Å². The topological polar surface area (TPSA) is 70.5 Å². The summed E-state index contributed by atoms with van der Waals surface area (Å²) in [6.07, 6.45) is -0.494. The van der Waals surface area contributed by atoms with Crippen molar-refractivity contribution >= 4 is 28.2 Å². The predicted molar refractivity (Wildman–Crippen MR) is 59.8 cm³/mol. The van der Waals surface area contributed by atoms with Gasteiger partial charge in [0.1, 0.15) is 0 Å². The van der Waals surface area contributed by atoms with E-state index in [0.29, 0.717) is 15.7 Å². The van der Waals surface area contributed by atoms with Crippen LogP contribution in [0, 0.1) is 6.92 Å². The van der Waals surface area contributed by atoms with Gasteiger partial charge in [-0.2, -0.15) is 0 Å². The number of carbonyl (C=O) groups excluding carboxylic acids is 2. The van der Waals surface area contributed by atoms with Gasteiger partial charge in [0.25, 0.3) is 0 Å². The van der Waals surface area contributed by atoms with E-state index in [1.54, 1.807) is 6.92 Å². The van der Waals surface area contributed by atoms with Gasteiger partial charge in [-0.25, -0.2) is 4.98 Å². The van der Waals surface area contributed by atoms with E-state index < -0.39 is 6.10 Å².